The zero-order chi connectivity index (χ0) is 14.6. The Morgan fingerprint density at radius 1 is 1.40 bits per heavy atom. The summed E-state index contributed by atoms with van der Waals surface area (Å²) in [6.07, 6.45) is 0. The van der Waals surface area contributed by atoms with Crippen molar-refractivity contribution in [2.75, 3.05) is 13.7 Å². The lowest BCUT2D eigenvalue weighted by molar-refractivity contribution is 0.0557. The fraction of sp³-hybridized carbons (Fsp3) is 0.357. The molecule has 6 heteroatoms. The maximum Gasteiger partial charge on any atom is 0.261 e. The highest BCUT2D eigenvalue weighted by Crippen LogP contribution is 2.25. The van der Waals surface area contributed by atoms with Gasteiger partial charge in [0.25, 0.3) is 5.91 Å². The normalized spacial score (nSPS) is 13.9. The average Bonchev–Trinajstić information content (AvgIpc) is 3.07. The van der Waals surface area contributed by atoms with Gasteiger partial charge in [-0.25, -0.2) is 0 Å². The number of rotatable bonds is 6. The molecule has 0 aliphatic carbocycles. The monoisotopic (exact) mass is 311 g/mol. The second kappa shape index (κ2) is 6.49. The van der Waals surface area contributed by atoms with Crippen molar-refractivity contribution in [2.45, 2.75) is 19.1 Å². The molecule has 2 aromatic heterocycles. The zero-order valence-corrected chi connectivity index (χ0v) is 13.0. The quantitative estimate of drug-likeness (QED) is 0.862. The summed E-state index contributed by atoms with van der Waals surface area (Å²) in [5, 5.41) is 16.9. The first-order valence-corrected chi connectivity index (χ1v) is 7.90. The number of thiophene rings is 2. The number of methoxy groups -OCH3 is 1. The summed E-state index contributed by atoms with van der Waals surface area (Å²) in [6, 6.07) is 5.62. The van der Waals surface area contributed by atoms with E-state index >= 15 is 0 Å². The molecule has 0 saturated heterocycles. The SMILES string of the molecule is COCc1ccsc1C(=O)NCC(C)(O)c1cccs1. The molecule has 0 bridgehead atoms. The smallest absolute Gasteiger partial charge is 0.261 e. The van der Waals surface area contributed by atoms with E-state index in [0.717, 1.165) is 10.4 Å². The third kappa shape index (κ3) is 3.46. The third-order valence-electron chi connectivity index (χ3n) is 2.90. The number of carbonyl (C=O) groups is 1. The van der Waals surface area contributed by atoms with Crippen LogP contribution in [-0.2, 0) is 16.9 Å². The van der Waals surface area contributed by atoms with Gasteiger partial charge in [0, 0.05) is 17.6 Å². The van der Waals surface area contributed by atoms with Gasteiger partial charge in [-0.1, -0.05) is 6.07 Å². The van der Waals surface area contributed by atoms with Gasteiger partial charge >= 0.3 is 0 Å². The molecule has 0 radical (unpaired) electrons. The van der Waals surface area contributed by atoms with Crippen LogP contribution < -0.4 is 5.32 Å². The van der Waals surface area contributed by atoms with E-state index in [2.05, 4.69) is 5.32 Å². The standard InChI is InChI=1S/C14H17NO3S2/c1-14(17,11-4-3-6-19-11)9-15-13(16)12-10(8-18-2)5-7-20-12/h3-7,17H,8-9H2,1-2H3,(H,15,16). The van der Waals surface area contributed by atoms with Crippen molar-refractivity contribution < 1.29 is 14.6 Å². The van der Waals surface area contributed by atoms with Gasteiger partial charge in [0.15, 0.2) is 0 Å². The van der Waals surface area contributed by atoms with E-state index in [4.69, 9.17) is 4.74 Å². The Labute approximate surface area is 126 Å². The van der Waals surface area contributed by atoms with E-state index < -0.39 is 5.60 Å². The van der Waals surface area contributed by atoms with Crippen LogP contribution in [0.3, 0.4) is 0 Å². The maximum absolute atomic E-state index is 12.2. The summed E-state index contributed by atoms with van der Waals surface area (Å²) >= 11 is 2.85. The Balaban J connectivity index is 2.00. The minimum Gasteiger partial charge on any atom is -0.383 e. The van der Waals surface area contributed by atoms with Crippen LogP contribution in [0.25, 0.3) is 0 Å². The summed E-state index contributed by atoms with van der Waals surface area (Å²) in [5.41, 5.74) is -0.187. The highest BCUT2D eigenvalue weighted by molar-refractivity contribution is 7.12. The van der Waals surface area contributed by atoms with Crippen molar-refractivity contribution in [1.82, 2.24) is 5.32 Å². The van der Waals surface area contributed by atoms with Crippen molar-refractivity contribution in [1.29, 1.82) is 0 Å². The molecule has 2 heterocycles. The molecule has 0 aliphatic heterocycles. The van der Waals surface area contributed by atoms with Crippen LogP contribution in [0.5, 0.6) is 0 Å². The second-order valence-corrected chi connectivity index (χ2v) is 6.51. The third-order valence-corrected chi connectivity index (χ3v) is 4.98. The predicted octanol–water partition coefficient (Wildman–Crippen LogP) is 2.59. The van der Waals surface area contributed by atoms with E-state index in [1.54, 1.807) is 14.0 Å². The minimum absolute atomic E-state index is 0.177. The largest absolute Gasteiger partial charge is 0.383 e. The number of hydrogen-bond acceptors (Lipinski definition) is 5. The Morgan fingerprint density at radius 3 is 2.85 bits per heavy atom. The maximum atomic E-state index is 12.2. The van der Waals surface area contributed by atoms with Gasteiger partial charge in [-0.2, -0.15) is 0 Å². The summed E-state index contributed by atoms with van der Waals surface area (Å²) in [7, 11) is 1.60. The lowest BCUT2D eigenvalue weighted by Crippen LogP contribution is -2.38. The Kier molecular flexibility index (Phi) is 4.93. The van der Waals surface area contributed by atoms with Crippen molar-refractivity contribution >= 4 is 28.6 Å². The first-order valence-electron chi connectivity index (χ1n) is 6.14. The topological polar surface area (TPSA) is 58.6 Å². The highest BCUT2D eigenvalue weighted by Gasteiger charge is 2.25. The molecule has 1 amide bonds. The number of carbonyl (C=O) groups excluding carboxylic acids is 1. The predicted molar refractivity (Wildman–Crippen MR) is 81.3 cm³/mol. The van der Waals surface area contributed by atoms with Crippen molar-refractivity contribution in [2.24, 2.45) is 0 Å². The summed E-state index contributed by atoms with van der Waals surface area (Å²) in [5.74, 6) is -0.177. The summed E-state index contributed by atoms with van der Waals surface area (Å²) in [6.45, 7) is 2.29. The van der Waals surface area contributed by atoms with Crippen LogP contribution in [0.1, 0.15) is 27.0 Å². The Hall–Kier alpha value is -1.21. The summed E-state index contributed by atoms with van der Waals surface area (Å²) < 4.78 is 5.06. The van der Waals surface area contributed by atoms with Crippen LogP contribution in [0.15, 0.2) is 29.0 Å². The van der Waals surface area contributed by atoms with E-state index in [0.29, 0.717) is 11.5 Å². The van der Waals surface area contributed by atoms with Crippen LogP contribution in [0.4, 0.5) is 0 Å². The molecule has 20 heavy (non-hydrogen) atoms. The van der Waals surface area contributed by atoms with Gasteiger partial charge in [-0.15, -0.1) is 22.7 Å². The first kappa shape index (κ1) is 15.2. The lowest BCUT2D eigenvalue weighted by atomic mass is 10.1. The van der Waals surface area contributed by atoms with Gasteiger partial charge in [-0.3, -0.25) is 4.79 Å². The second-order valence-electron chi connectivity index (χ2n) is 4.64. The molecular formula is C14H17NO3S2. The molecule has 0 spiro atoms. The van der Waals surface area contributed by atoms with Crippen LogP contribution in [-0.4, -0.2) is 24.7 Å². The molecule has 0 aromatic carbocycles. The molecule has 1 unspecified atom stereocenters. The molecule has 108 valence electrons. The molecule has 0 saturated carbocycles. The molecule has 4 nitrogen and oxygen atoms in total. The number of ether oxygens (including phenoxy) is 1. The van der Waals surface area contributed by atoms with Gasteiger partial charge in [0.2, 0.25) is 0 Å². The van der Waals surface area contributed by atoms with Crippen LogP contribution in [0, 0.1) is 0 Å². The first-order chi connectivity index (χ1) is 9.54. The Bertz CT molecular complexity index is 561. The van der Waals surface area contributed by atoms with E-state index in [9.17, 15) is 9.90 Å². The minimum atomic E-state index is -1.05. The van der Waals surface area contributed by atoms with Crippen molar-refractivity contribution in [3.05, 3.63) is 44.3 Å². The number of hydrogen-bond donors (Lipinski definition) is 2. The molecule has 0 fully saturated rings. The van der Waals surface area contributed by atoms with E-state index in [1.165, 1.54) is 22.7 Å². The molecule has 2 aromatic rings. The van der Waals surface area contributed by atoms with Crippen LogP contribution in [0.2, 0.25) is 0 Å². The number of nitrogens with one attached hydrogen (secondary N) is 1. The fourth-order valence-corrected chi connectivity index (χ4v) is 3.42. The molecule has 2 rings (SSSR count). The summed E-state index contributed by atoms with van der Waals surface area (Å²) in [4.78, 5) is 13.6. The van der Waals surface area contributed by atoms with E-state index in [-0.39, 0.29) is 12.5 Å². The highest BCUT2D eigenvalue weighted by atomic mass is 32.1. The number of aliphatic hydroxyl groups is 1. The average molecular weight is 311 g/mol. The van der Waals surface area contributed by atoms with E-state index in [1.807, 2.05) is 29.0 Å². The van der Waals surface area contributed by atoms with Gasteiger partial charge in [0.05, 0.1) is 18.0 Å². The fourth-order valence-electron chi connectivity index (χ4n) is 1.81. The van der Waals surface area contributed by atoms with Gasteiger partial charge < -0.3 is 15.2 Å². The lowest BCUT2D eigenvalue weighted by Gasteiger charge is -2.22. The van der Waals surface area contributed by atoms with Gasteiger partial charge in [0.1, 0.15) is 5.60 Å². The van der Waals surface area contributed by atoms with Crippen LogP contribution >= 0.6 is 22.7 Å². The van der Waals surface area contributed by atoms with Crippen molar-refractivity contribution in [3.8, 4) is 0 Å². The van der Waals surface area contributed by atoms with Crippen molar-refractivity contribution in [3.63, 3.8) is 0 Å². The molecular weight excluding hydrogens is 294 g/mol. The zero-order valence-electron chi connectivity index (χ0n) is 11.4. The van der Waals surface area contributed by atoms with Gasteiger partial charge in [-0.05, 0) is 29.8 Å². The molecule has 1 atom stereocenters. The number of amides is 1. The Morgan fingerprint density at radius 2 is 2.20 bits per heavy atom. The molecule has 0 aliphatic rings. The molecule has 2 N–H and O–H groups in total.